The zero-order valence-corrected chi connectivity index (χ0v) is 14.8. The molecular formula is C17H18Cl2N2O3. The third-order valence-corrected chi connectivity index (χ3v) is 4.50. The average molecular weight is 369 g/mol. The molecule has 1 fully saturated rings. The molecule has 2 aromatic rings. The molecule has 1 saturated heterocycles. The van der Waals surface area contributed by atoms with Crippen LogP contribution in [0.4, 0.5) is 0 Å². The number of carbonyl (C=O) groups is 1. The highest BCUT2D eigenvalue weighted by molar-refractivity contribution is 6.34. The van der Waals surface area contributed by atoms with E-state index >= 15 is 0 Å². The molecule has 0 saturated carbocycles. The number of aromatic nitrogens is 1. The van der Waals surface area contributed by atoms with Crippen molar-refractivity contribution in [3.05, 3.63) is 45.8 Å². The molecule has 1 aliphatic rings. The van der Waals surface area contributed by atoms with Crippen molar-refractivity contribution >= 4 is 29.1 Å². The molecule has 0 bridgehead atoms. The molecule has 0 N–H and O–H groups in total. The van der Waals surface area contributed by atoms with Crippen LogP contribution in [0.3, 0.4) is 0 Å². The number of benzene rings is 1. The number of aryl methyl sites for hydroxylation is 1. The fourth-order valence-corrected chi connectivity index (χ4v) is 3.25. The second kappa shape index (κ2) is 7.45. The van der Waals surface area contributed by atoms with Crippen LogP contribution in [0.5, 0.6) is 5.75 Å². The molecular weight excluding hydrogens is 351 g/mol. The first-order chi connectivity index (χ1) is 11.5. The van der Waals surface area contributed by atoms with Gasteiger partial charge in [-0.05, 0) is 43.9 Å². The van der Waals surface area contributed by atoms with E-state index in [0.717, 1.165) is 12.8 Å². The fourth-order valence-electron chi connectivity index (χ4n) is 2.75. The monoisotopic (exact) mass is 368 g/mol. The molecule has 1 aromatic heterocycles. The van der Waals surface area contributed by atoms with E-state index in [2.05, 4.69) is 5.16 Å². The Labute approximate surface area is 150 Å². The lowest BCUT2D eigenvalue weighted by Gasteiger charge is -2.31. The first kappa shape index (κ1) is 17.1. The number of ether oxygens (including phenoxy) is 1. The summed E-state index contributed by atoms with van der Waals surface area (Å²) in [6, 6.07) is 6.84. The molecule has 1 aliphatic heterocycles. The van der Waals surface area contributed by atoms with Crippen LogP contribution < -0.4 is 4.74 Å². The SMILES string of the molecule is Cc1cc(C(=O)N2CCC(COc3cc(Cl)cc(Cl)c3)CC2)on1. The van der Waals surface area contributed by atoms with Gasteiger partial charge in [0, 0.05) is 29.2 Å². The molecule has 7 heteroatoms. The highest BCUT2D eigenvalue weighted by Crippen LogP contribution is 2.26. The Morgan fingerprint density at radius 2 is 1.92 bits per heavy atom. The second-order valence-electron chi connectivity index (χ2n) is 5.98. The summed E-state index contributed by atoms with van der Waals surface area (Å²) in [7, 11) is 0. The van der Waals surface area contributed by atoms with Crippen LogP contribution >= 0.6 is 23.2 Å². The van der Waals surface area contributed by atoms with E-state index in [4.69, 9.17) is 32.5 Å². The predicted molar refractivity (Wildman–Crippen MR) is 91.8 cm³/mol. The van der Waals surface area contributed by atoms with Gasteiger partial charge in [0.05, 0.1) is 12.3 Å². The number of likely N-dealkylation sites (tertiary alicyclic amines) is 1. The molecule has 0 aliphatic carbocycles. The van der Waals surface area contributed by atoms with Gasteiger partial charge in [-0.2, -0.15) is 0 Å². The van der Waals surface area contributed by atoms with Crippen LogP contribution in [-0.4, -0.2) is 35.7 Å². The summed E-state index contributed by atoms with van der Waals surface area (Å²) in [5, 5.41) is 4.87. The van der Waals surface area contributed by atoms with E-state index < -0.39 is 0 Å². The normalized spacial score (nSPS) is 15.5. The van der Waals surface area contributed by atoms with E-state index in [1.165, 1.54) is 0 Å². The van der Waals surface area contributed by atoms with Gasteiger partial charge >= 0.3 is 0 Å². The van der Waals surface area contributed by atoms with Crippen molar-refractivity contribution in [2.75, 3.05) is 19.7 Å². The van der Waals surface area contributed by atoms with Crippen LogP contribution in [-0.2, 0) is 0 Å². The van der Waals surface area contributed by atoms with Crippen molar-refractivity contribution in [2.45, 2.75) is 19.8 Å². The van der Waals surface area contributed by atoms with Gasteiger partial charge in [-0.1, -0.05) is 28.4 Å². The quantitative estimate of drug-likeness (QED) is 0.810. The van der Waals surface area contributed by atoms with Crippen molar-refractivity contribution in [2.24, 2.45) is 5.92 Å². The Bertz CT molecular complexity index is 704. The third-order valence-electron chi connectivity index (χ3n) is 4.06. The lowest BCUT2D eigenvalue weighted by molar-refractivity contribution is 0.0620. The zero-order chi connectivity index (χ0) is 17.1. The standard InChI is InChI=1S/C17H18Cl2N2O3/c1-11-6-16(24-20-11)17(22)21-4-2-12(3-5-21)10-23-15-8-13(18)7-14(19)9-15/h6-9,12H,2-5,10H2,1H3. The molecule has 0 atom stereocenters. The number of carbonyl (C=O) groups excluding carboxylic acids is 1. The Hall–Kier alpha value is -1.72. The van der Waals surface area contributed by atoms with Crippen LogP contribution in [0.15, 0.2) is 28.8 Å². The minimum Gasteiger partial charge on any atom is -0.493 e. The molecule has 128 valence electrons. The van der Waals surface area contributed by atoms with E-state index in [1.807, 2.05) is 0 Å². The number of piperidine rings is 1. The maximum absolute atomic E-state index is 12.3. The Morgan fingerprint density at radius 3 is 2.50 bits per heavy atom. The first-order valence-electron chi connectivity index (χ1n) is 7.83. The van der Waals surface area contributed by atoms with Gasteiger partial charge in [0.15, 0.2) is 0 Å². The van der Waals surface area contributed by atoms with Crippen LogP contribution in [0.1, 0.15) is 29.1 Å². The number of hydrogen-bond acceptors (Lipinski definition) is 4. The number of amides is 1. The summed E-state index contributed by atoms with van der Waals surface area (Å²) in [6.45, 7) is 3.75. The smallest absolute Gasteiger partial charge is 0.292 e. The maximum atomic E-state index is 12.3. The minimum absolute atomic E-state index is 0.100. The molecule has 1 amide bonds. The highest BCUT2D eigenvalue weighted by Gasteiger charge is 2.26. The molecule has 0 unspecified atom stereocenters. The zero-order valence-electron chi connectivity index (χ0n) is 13.3. The maximum Gasteiger partial charge on any atom is 0.292 e. The minimum atomic E-state index is -0.100. The summed E-state index contributed by atoms with van der Waals surface area (Å²) in [4.78, 5) is 14.1. The summed E-state index contributed by atoms with van der Waals surface area (Å²) in [5.41, 5.74) is 0.710. The Balaban J connectivity index is 1.49. The van der Waals surface area contributed by atoms with Crippen LogP contribution in [0.25, 0.3) is 0 Å². The van der Waals surface area contributed by atoms with Gasteiger partial charge in [-0.25, -0.2) is 0 Å². The van der Waals surface area contributed by atoms with Gasteiger partial charge in [-0.15, -0.1) is 0 Å². The van der Waals surface area contributed by atoms with Gasteiger partial charge < -0.3 is 14.2 Å². The van der Waals surface area contributed by atoms with E-state index in [-0.39, 0.29) is 5.91 Å². The number of rotatable bonds is 4. The topological polar surface area (TPSA) is 55.6 Å². The lowest BCUT2D eigenvalue weighted by Crippen LogP contribution is -2.39. The van der Waals surface area contributed by atoms with Gasteiger partial charge in [0.2, 0.25) is 5.76 Å². The molecule has 0 spiro atoms. The molecule has 24 heavy (non-hydrogen) atoms. The molecule has 3 rings (SSSR count). The largest absolute Gasteiger partial charge is 0.493 e. The van der Waals surface area contributed by atoms with Crippen molar-refractivity contribution in [3.63, 3.8) is 0 Å². The lowest BCUT2D eigenvalue weighted by atomic mass is 9.97. The van der Waals surface area contributed by atoms with Crippen LogP contribution in [0, 0.1) is 12.8 Å². The molecule has 5 nitrogen and oxygen atoms in total. The van der Waals surface area contributed by atoms with E-state index in [1.54, 1.807) is 36.1 Å². The van der Waals surface area contributed by atoms with Gasteiger partial charge in [-0.3, -0.25) is 4.79 Å². The van der Waals surface area contributed by atoms with Crippen molar-refractivity contribution < 1.29 is 14.1 Å². The molecule has 2 heterocycles. The summed E-state index contributed by atoms with van der Waals surface area (Å²) in [6.07, 6.45) is 1.76. The summed E-state index contributed by atoms with van der Waals surface area (Å²) < 4.78 is 10.8. The van der Waals surface area contributed by atoms with Crippen molar-refractivity contribution in [1.82, 2.24) is 10.1 Å². The van der Waals surface area contributed by atoms with Gasteiger partial charge in [0.1, 0.15) is 5.75 Å². The number of hydrogen-bond donors (Lipinski definition) is 0. The average Bonchev–Trinajstić information content (AvgIpc) is 2.98. The Kier molecular flexibility index (Phi) is 5.31. The summed E-state index contributed by atoms with van der Waals surface area (Å²) in [5.74, 6) is 1.26. The van der Waals surface area contributed by atoms with Gasteiger partial charge in [0.25, 0.3) is 5.91 Å². The predicted octanol–water partition coefficient (Wildman–Crippen LogP) is 4.22. The Morgan fingerprint density at radius 1 is 1.25 bits per heavy atom. The van der Waals surface area contributed by atoms with Crippen LogP contribution in [0.2, 0.25) is 10.0 Å². The number of nitrogens with zero attached hydrogens (tertiary/aromatic N) is 2. The van der Waals surface area contributed by atoms with E-state index in [0.29, 0.717) is 52.9 Å². The summed E-state index contributed by atoms with van der Waals surface area (Å²) >= 11 is 11.9. The second-order valence-corrected chi connectivity index (χ2v) is 6.86. The van der Waals surface area contributed by atoms with Crippen molar-refractivity contribution in [3.8, 4) is 5.75 Å². The fraction of sp³-hybridized carbons (Fsp3) is 0.412. The highest BCUT2D eigenvalue weighted by atomic mass is 35.5. The van der Waals surface area contributed by atoms with Crippen molar-refractivity contribution in [1.29, 1.82) is 0 Å². The molecule has 1 aromatic carbocycles. The first-order valence-corrected chi connectivity index (χ1v) is 8.58. The molecule has 0 radical (unpaired) electrons. The van der Waals surface area contributed by atoms with E-state index in [9.17, 15) is 4.79 Å². The number of halogens is 2. The third kappa shape index (κ3) is 4.22.